The van der Waals surface area contributed by atoms with E-state index in [1.807, 2.05) is 0 Å². The predicted octanol–water partition coefficient (Wildman–Crippen LogP) is 1.47. The van der Waals surface area contributed by atoms with Crippen LogP contribution in [-0.4, -0.2) is 37.6 Å². The fourth-order valence-electron chi connectivity index (χ4n) is 3.14. The molecule has 13 heavy (non-hydrogen) atoms. The molecule has 1 saturated heterocycles. The maximum absolute atomic E-state index is 3.57. The van der Waals surface area contributed by atoms with Crippen molar-refractivity contribution in [1.82, 2.24) is 10.2 Å². The molecule has 0 aromatic heterocycles. The number of hydrogen-bond donors (Lipinski definition) is 1. The molecule has 76 valence electrons. The van der Waals surface area contributed by atoms with Gasteiger partial charge in [-0.3, -0.25) is 0 Å². The molecular formula is C11H22N2. The van der Waals surface area contributed by atoms with Gasteiger partial charge in [-0.15, -0.1) is 0 Å². The van der Waals surface area contributed by atoms with Gasteiger partial charge in [0.1, 0.15) is 0 Å². The predicted molar refractivity (Wildman–Crippen MR) is 55.9 cm³/mol. The number of nitrogens with one attached hydrogen (secondary N) is 1. The van der Waals surface area contributed by atoms with Gasteiger partial charge in [0, 0.05) is 19.1 Å². The van der Waals surface area contributed by atoms with Crippen molar-refractivity contribution < 1.29 is 0 Å². The summed E-state index contributed by atoms with van der Waals surface area (Å²) < 4.78 is 0. The molecule has 1 heterocycles. The Morgan fingerprint density at radius 3 is 2.38 bits per heavy atom. The molecule has 2 rings (SSSR count). The highest BCUT2D eigenvalue weighted by molar-refractivity contribution is 4.97. The minimum atomic E-state index is 0.737. The number of nitrogens with zero attached hydrogens (tertiary/aromatic N) is 1. The van der Waals surface area contributed by atoms with E-state index in [9.17, 15) is 0 Å². The maximum atomic E-state index is 3.57. The van der Waals surface area contributed by atoms with Crippen LogP contribution < -0.4 is 5.32 Å². The van der Waals surface area contributed by atoms with Gasteiger partial charge in [-0.1, -0.05) is 6.92 Å². The van der Waals surface area contributed by atoms with Crippen LogP contribution in [0.3, 0.4) is 0 Å². The van der Waals surface area contributed by atoms with Crippen molar-refractivity contribution in [3.05, 3.63) is 0 Å². The van der Waals surface area contributed by atoms with Crippen LogP contribution in [0, 0.1) is 5.41 Å². The van der Waals surface area contributed by atoms with Gasteiger partial charge in [-0.25, -0.2) is 0 Å². The highest BCUT2D eigenvalue weighted by Crippen LogP contribution is 2.42. The van der Waals surface area contributed by atoms with Crippen molar-refractivity contribution in [3.63, 3.8) is 0 Å². The van der Waals surface area contributed by atoms with E-state index < -0.39 is 0 Å². The first-order valence-corrected chi connectivity index (χ1v) is 5.66. The summed E-state index contributed by atoms with van der Waals surface area (Å²) >= 11 is 0. The fourth-order valence-corrected chi connectivity index (χ4v) is 3.14. The van der Waals surface area contributed by atoms with Crippen LogP contribution in [0.15, 0.2) is 0 Å². The van der Waals surface area contributed by atoms with E-state index in [0.717, 1.165) is 18.0 Å². The molecule has 1 aliphatic carbocycles. The molecule has 0 aromatic rings. The van der Waals surface area contributed by atoms with Gasteiger partial charge in [0.2, 0.25) is 0 Å². The van der Waals surface area contributed by atoms with Gasteiger partial charge in [0.05, 0.1) is 0 Å². The van der Waals surface area contributed by atoms with Crippen molar-refractivity contribution in [3.8, 4) is 0 Å². The Hall–Kier alpha value is -0.0800. The number of likely N-dealkylation sites (tertiary alicyclic amines) is 1. The molecule has 2 heteroatoms. The third-order valence-corrected chi connectivity index (χ3v) is 3.75. The van der Waals surface area contributed by atoms with E-state index in [1.54, 1.807) is 0 Å². The Bertz CT molecular complexity index is 163. The standard InChI is InChI=1S/C11H22N2/c1-3-12-10-4-6-11(7-5-10)8-13(2)9-11/h10,12H,3-9H2,1-2H3. The summed E-state index contributed by atoms with van der Waals surface area (Å²) in [7, 11) is 2.24. The second kappa shape index (κ2) is 3.58. The van der Waals surface area contributed by atoms with Gasteiger partial charge in [0.15, 0.2) is 0 Å². The van der Waals surface area contributed by atoms with Crippen LogP contribution in [0.25, 0.3) is 0 Å². The summed E-state index contributed by atoms with van der Waals surface area (Å²) in [6.45, 7) is 6.05. The molecule has 2 fully saturated rings. The molecular weight excluding hydrogens is 160 g/mol. The first-order valence-electron chi connectivity index (χ1n) is 5.66. The van der Waals surface area contributed by atoms with Gasteiger partial charge >= 0.3 is 0 Å². The van der Waals surface area contributed by atoms with Gasteiger partial charge in [0.25, 0.3) is 0 Å². The smallest absolute Gasteiger partial charge is 0.00673 e. The fraction of sp³-hybridized carbons (Fsp3) is 1.00. The monoisotopic (exact) mass is 182 g/mol. The van der Waals surface area contributed by atoms with E-state index in [2.05, 4.69) is 24.2 Å². The highest BCUT2D eigenvalue weighted by atomic mass is 15.2. The Labute approximate surface area is 81.7 Å². The van der Waals surface area contributed by atoms with E-state index in [1.165, 1.54) is 38.8 Å². The second-order valence-electron chi connectivity index (χ2n) is 5.00. The molecule has 0 amide bonds. The topological polar surface area (TPSA) is 15.3 Å². The van der Waals surface area contributed by atoms with Gasteiger partial charge in [-0.05, 0) is 44.7 Å². The van der Waals surface area contributed by atoms with Crippen LogP contribution in [0.2, 0.25) is 0 Å². The lowest BCUT2D eigenvalue weighted by Crippen LogP contribution is -2.56. The number of rotatable bonds is 2. The van der Waals surface area contributed by atoms with Crippen molar-refractivity contribution in [2.75, 3.05) is 26.7 Å². The second-order valence-corrected chi connectivity index (χ2v) is 5.00. The summed E-state index contributed by atoms with van der Waals surface area (Å²) in [4.78, 5) is 2.45. The Morgan fingerprint density at radius 1 is 1.31 bits per heavy atom. The lowest BCUT2D eigenvalue weighted by atomic mass is 9.67. The minimum absolute atomic E-state index is 0.737. The van der Waals surface area contributed by atoms with Gasteiger partial charge < -0.3 is 10.2 Å². The largest absolute Gasteiger partial charge is 0.314 e. The van der Waals surface area contributed by atoms with Crippen LogP contribution in [-0.2, 0) is 0 Å². The van der Waals surface area contributed by atoms with Crippen LogP contribution in [0.5, 0.6) is 0 Å². The van der Waals surface area contributed by atoms with Gasteiger partial charge in [-0.2, -0.15) is 0 Å². The summed E-state index contributed by atoms with van der Waals surface area (Å²) in [6, 6.07) is 0.821. The summed E-state index contributed by atoms with van der Waals surface area (Å²) in [5, 5.41) is 3.57. The SMILES string of the molecule is CCNC1CCC2(CC1)CN(C)C2. The zero-order valence-corrected chi connectivity index (χ0v) is 8.97. The van der Waals surface area contributed by atoms with Crippen molar-refractivity contribution in [2.45, 2.75) is 38.6 Å². The molecule has 0 unspecified atom stereocenters. The third-order valence-electron chi connectivity index (χ3n) is 3.75. The zero-order chi connectivity index (χ0) is 9.31. The Morgan fingerprint density at radius 2 is 1.92 bits per heavy atom. The third kappa shape index (κ3) is 1.89. The van der Waals surface area contributed by atoms with Crippen molar-refractivity contribution >= 4 is 0 Å². The molecule has 1 N–H and O–H groups in total. The lowest BCUT2D eigenvalue weighted by molar-refractivity contribution is -0.0158. The van der Waals surface area contributed by atoms with E-state index in [4.69, 9.17) is 0 Å². The molecule has 2 aliphatic rings. The Balaban J connectivity index is 1.77. The molecule has 1 aliphatic heterocycles. The molecule has 0 bridgehead atoms. The minimum Gasteiger partial charge on any atom is -0.314 e. The quantitative estimate of drug-likeness (QED) is 0.695. The van der Waals surface area contributed by atoms with Crippen LogP contribution >= 0.6 is 0 Å². The van der Waals surface area contributed by atoms with Crippen molar-refractivity contribution in [2.24, 2.45) is 5.41 Å². The van der Waals surface area contributed by atoms with E-state index in [-0.39, 0.29) is 0 Å². The Kier molecular flexibility index (Phi) is 2.61. The molecule has 2 nitrogen and oxygen atoms in total. The van der Waals surface area contributed by atoms with E-state index >= 15 is 0 Å². The zero-order valence-electron chi connectivity index (χ0n) is 8.97. The molecule has 0 atom stereocenters. The maximum Gasteiger partial charge on any atom is 0.00673 e. The summed E-state index contributed by atoms with van der Waals surface area (Å²) in [6.07, 6.45) is 5.72. The van der Waals surface area contributed by atoms with Crippen LogP contribution in [0.4, 0.5) is 0 Å². The van der Waals surface area contributed by atoms with Crippen LogP contribution in [0.1, 0.15) is 32.6 Å². The highest BCUT2D eigenvalue weighted by Gasteiger charge is 2.42. The van der Waals surface area contributed by atoms with E-state index in [0.29, 0.717) is 0 Å². The first kappa shape index (κ1) is 9.47. The van der Waals surface area contributed by atoms with Crippen molar-refractivity contribution in [1.29, 1.82) is 0 Å². The number of hydrogen-bond acceptors (Lipinski definition) is 2. The molecule has 0 aromatic carbocycles. The first-order chi connectivity index (χ1) is 6.24. The molecule has 1 spiro atoms. The average molecular weight is 182 g/mol. The normalized spacial score (nSPS) is 29.1. The summed E-state index contributed by atoms with van der Waals surface area (Å²) in [5.41, 5.74) is 0.737. The lowest BCUT2D eigenvalue weighted by Gasteiger charge is -2.52. The average Bonchev–Trinajstić information content (AvgIpc) is 2.07. The molecule has 1 saturated carbocycles. The molecule has 0 radical (unpaired) electrons. The summed E-state index contributed by atoms with van der Waals surface area (Å²) in [5.74, 6) is 0.